The third kappa shape index (κ3) is 2.96. The Morgan fingerprint density at radius 2 is 2.14 bits per heavy atom. The van der Waals surface area contributed by atoms with Gasteiger partial charge in [-0.25, -0.2) is 0 Å². The minimum atomic E-state index is 0.00967. The molecule has 2 rings (SSSR count). The van der Waals surface area contributed by atoms with E-state index in [4.69, 9.17) is 9.47 Å². The molecule has 2 aliphatic rings. The van der Waals surface area contributed by atoms with Gasteiger partial charge in [0.2, 0.25) is 0 Å². The van der Waals surface area contributed by atoms with E-state index in [9.17, 15) is 0 Å². The van der Waals surface area contributed by atoms with E-state index in [2.05, 4.69) is 18.2 Å². The van der Waals surface area contributed by atoms with Crippen LogP contribution >= 0.6 is 0 Å². The smallest absolute Gasteiger partial charge is 0.161 e. The van der Waals surface area contributed by atoms with Gasteiger partial charge in [-0.05, 0) is 25.7 Å². The number of ether oxygens (including phenoxy) is 2. The van der Waals surface area contributed by atoms with Gasteiger partial charge in [-0.3, -0.25) is 0 Å². The van der Waals surface area contributed by atoms with Crippen molar-refractivity contribution in [2.75, 3.05) is 13.2 Å². The molecule has 0 spiro atoms. The molecule has 1 aliphatic carbocycles. The lowest BCUT2D eigenvalue weighted by atomic mass is 9.99. The van der Waals surface area contributed by atoms with Crippen molar-refractivity contribution in [2.24, 2.45) is 0 Å². The second kappa shape index (κ2) is 5.32. The molecule has 1 heterocycles. The molecule has 0 atom stereocenters. The lowest BCUT2D eigenvalue weighted by Crippen LogP contribution is -2.04. The van der Waals surface area contributed by atoms with Gasteiger partial charge in [-0.15, -0.1) is 0 Å². The van der Waals surface area contributed by atoms with E-state index >= 15 is 0 Å². The number of hydrogen-bond donors (Lipinski definition) is 0. The molecule has 0 aromatic rings. The Labute approximate surface area is 85.6 Å². The Hall–Kier alpha value is -0.600. The van der Waals surface area contributed by atoms with Crippen molar-refractivity contribution < 1.29 is 9.47 Å². The highest BCUT2D eigenvalue weighted by atomic mass is 16.7. The summed E-state index contributed by atoms with van der Waals surface area (Å²) in [7, 11) is 0. The summed E-state index contributed by atoms with van der Waals surface area (Å²) in [6, 6.07) is 0. The zero-order valence-electron chi connectivity index (χ0n) is 8.58. The predicted octanol–water partition coefficient (Wildman–Crippen LogP) is 2.81. The largest absolute Gasteiger partial charge is 0.350 e. The molecule has 2 heteroatoms. The molecule has 0 aromatic carbocycles. The van der Waals surface area contributed by atoms with Gasteiger partial charge < -0.3 is 9.47 Å². The zero-order chi connectivity index (χ0) is 9.64. The summed E-state index contributed by atoms with van der Waals surface area (Å²) in [6.45, 7) is 1.50. The highest BCUT2D eigenvalue weighted by Crippen LogP contribution is 2.18. The van der Waals surface area contributed by atoms with E-state index in [0.29, 0.717) is 0 Å². The molecule has 0 radical (unpaired) electrons. The van der Waals surface area contributed by atoms with Gasteiger partial charge in [0.15, 0.2) is 6.29 Å². The maximum absolute atomic E-state index is 5.35. The summed E-state index contributed by atoms with van der Waals surface area (Å²) in [4.78, 5) is 0. The van der Waals surface area contributed by atoms with Crippen molar-refractivity contribution >= 4 is 0 Å². The maximum Gasteiger partial charge on any atom is 0.161 e. The summed E-state index contributed by atoms with van der Waals surface area (Å²) >= 11 is 0. The van der Waals surface area contributed by atoms with Crippen LogP contribution in [0.25, 0.3) is 0 Å². The number of allylic oxidation sites excluding steroid dienone is 3. The van der Waals surface area contributed by atoms with Gasteiger partial charge in [0.05, 0.1) is 13.2 Å². The molecule has 0 N–H and O–H groups in total. The summed E-state index contributed by atoms with van der Waals surface area (Å²) in [5.41, 5.74) is 1.48. The lowest BCUT2D eigenvalue weighted by Gasteiger charge is -2.09. The standard InChI is InChI=1S/C12H18O2/c1-2-5-11(6-3-1)7-4-8-12-13-9-10-14-12/h4-5,7,12H,1-3,6,8-10H2/b7-4+. The van der Waals surface area contributed by atoms with Crippen LogP contribution in [0.3, 0.4) is 0 Å². The Kier molecular flexibility index (Phi) is 3.78. The van der Waals surface area contributed by atoms with Crippen LogP contribution in [-0.2, 0) is 9.47 Å². The fourth-order valence-corrected chi connectivity index (χ4v) is 1.89. The third-order valence-corrected chi connectivity index (χ3v) is 2.68. The fraction of sp³-hybridized carbons (Fsp3) is 0.667. The lowest BCUT2D eigenvalue weighted by molar-refractivity contribution is -0.0380. The quantitative estimate of drug-likeness (QED) is 0.687. The summed E-state index contributed by atoms with van der Waals surface area (Å²) in [5, 5.41) is 0. The van der Waals surface area contributed by atoms with Crippen LogP contribution in [-0.4, -0.2) is 19.5 Å². The minimum Gasteiger partial charge on any atom is -0.350 e. The molecular formula is C12H18O2. The van der Waals surface area contributed by atoms with Gasteiger partial charge in [0.25, 0.3) is 0 Å². The average molecular weight is 194 g/mol. The summed E-state index contributed by atoms with van der Waals surface area (Å²) in [6.07, 6.45) is 12.8. The first-order valence-corrected chi connectivity index (χ1v) is 5.54. The van der Waals surface area contributed by atoms with Crippen molar-refractivity contribution in [1.82, 2.24) is 0 Å². The minimum absolute atomic E-state index is 0.00967. The van der Waals surface area contributed by atoms with E-state index < -0.39 is 0 Å². The summed E-state index contributed by atoms with van der Waals surface area (Å²) in [5.74, 6) is 0. The van der Waals surface area contributed by atoms with Crippen molar-refractivity contribution in [2.45, 2.75) is 38.4 Å². The van der Waals surface area contributed by atoms with Crippen molar-refractivity contribution in [1.29, 1.82) is 0 Å². The second-order valence-electron chi connectivity index (χ2n) is 3.83. The molecule has 0 saturated carbocycles. The molecule has 78 valence electrons. The number of hydrogen-bond acceptors (Lipinski definition) is 2. The maximum atomic E-state index is 5.35. The van der Waals surface area contributed by atoms with Crippen molar-refractivity contribution in [3.8, 4) is 0 Å². The van der Waals surface area contributed by atoms with E-state index in [1.807, 2.05) is 0 Å². The van der Waals surface area contributed by atoms with Crippen LogP contribution in [0, 0.1) is 0 Å². The molecule has 0 amide bonds. The first-order chi connectivity index (χ1) is 6.95. The second-order valence-corrected chi connectivity index (χ2v) is 3.83. The van der Waals surface area contributed by atoms with Crippen LogP contribution in [0.1, 0.15) is 32.1 Å². The van der Waals surface area contributed by atoms with E-state index in [1.165, 1.54) is 31.3 Å². The molecule has 1 fully saturated rings. The average Bonchev–Trinajstić information content (AvgIpc) is 2.72. The fourth-order valence-electron chi connectivity index (χ4n) is 1.89. The van der Waals surface area contributed by atoms with Crippen LogP contribution in [0.15, 0.2) is 23.8 Å². The molecule has 0 bridgehead atoms. The van der Waals surface area contributed by atoms with Gasteiger partial charge in [-0.2, -0.15) is 0 Å². The van der Waals surface area contributed by atoms with E-state index in [-0.39, 0.29) is 6.29 Å². The van der Waals surface area contributed by atoms with Gasteiger partial charge in [0.1, 0.15) is 0 Å². The highest BCUT2D eigenvalue weighted by molar-refractivity contribution is 5.20. The molecule has 0 unspecified atom stereocenters. The Balaban J connectivity index is 1.72. The molecule has 1 saturated heterocycles. The molecule has 2 nitrogen and oxygen atoms in total. The molecular weight excluding hydrogens is 176 g/mol. The highest BCUT2D eigenvalue weighted by Gasteiger charge is 2.13. The van der Waals surface area contributed by atoms with Gasteiger partial charge in [-0.1, -0.05) is 23.8 Å². The van der Waals surface area contributed by atoms with E-state index in [1.54, 1.807) is 0 Å². The summed E-state index contributed by atoms with van der Waals surface area (Å²) < 4.78 is 10.7. The first kappa shape index (κ1) is 9.94. The van der Waals surface area contributed by atoms with Crippen LogP contribution in [0.2, 0.25) is 0 Å². The van der Waals surface area contributed by atoms with Gasteiger partial charge in [0, 0.05) is 6.42 Å². The van der Waals surface area contributed by atoms with Crippen LogP contribution in [0.4, 0.5) is 0 Å². The van der Waals surface area contributed by atoms with Gasteiger partial charge >= 0.3 is 0 Å². The zero-order valence-corrected chi connectivity index (χ0v) is 8.58. The van der Waals surface area contributed by atoms with Crippen molar-refractivity contribution in [3.05, 3.63) is 23.8 Å². The predicted molar refractivity (Wildman–Crippen MR) is 56.0 cm³/mol. The van der Waals surface area contributed by atoms with E-state index in [0.717, 1.165) is 19.6 Å². The molecule has 14 heavy (non-hydrogen) atoms. The Bertz CT molecular complexity index is 224. The number of rotatable bonds is 3. The van der Waals surface area contributed by atoms with Crippen molar-refractivity contribution in [3.63, 3.8) is 0 Å². The SMILES string of the molecule is C1=C(/C=C/CC2OCCO2)CCCC1. The Morgan fingerprint density at radius 1 is 1.29 bits per heavy atom. The third-order valence-electron chi connectivity index (χ3n) is 2.68. The first-order valence-electron chi connectivity index (χ1n) is 5.54. The normalized spacial score (nSPS) is 24.4. The Morgan fingerprint density at radius 3 is 2.86 bits per heavy atom. The monoisotopic (exact) mass is 194 g/mol. The van der Waals surface area contributed by atoms with Crippen LogP contribution in [0.5, 0.6) is 0 Å². The molecule has 0 aromatic heterocycles. The van der Waals surface area contributed by atoms with Crippen LogP contribution < -0.4 is 0 Å². The molecule has 1 aliphatic heterocycles. The topological polar surface area (TPSA) is 18.5 Å².